The van der Waals surface area contributed by atoms with Gasteiger partial charge in [0, 0.05) is 19.3 Å². The number of ether oxygens (including phenoxy) is 3. The Hall–Kier alpha value is -1.93. The molecular formula is C55H105NO7. The van der Waals surface area contributed by atoms with Crippen molar-refractivity contribution in [1.29, 1.82) is 0 Å². The lowest BCUT2D eigenvalue weighted by Crippen LogP contribution is -2.55. The molecule has 372 valence electrons. The highest BCUT2D eigenvalue weighted by molar-refractivity contribution is 5.70. The summed E-state index contributed by atoms with van der Waals surface area (Å²) in [5.41, 5.74) is 0. The molecule has 8 heteroatoms. The van der Waals surface area contributed by atoms with E-state index in [9.17, 15) is 19.5 Å². The fraction of sp³-hybridized carbons (Fsp3) is 0.909. The van der Waals surface area contributed by atoms with Crippen LogP contribution in [-0.4, -0.2) is 75.5 Å². The fourth-order valence-corrected chi connectivity index (χ4v) is 8.42. The summed E-state index contributed by atoms with van der Waals surface area (Å²) < 4.78 is 17.3. The van der Waals surface area contributed by atoms with Gasteiger partial charge in [0.1, 0.15) is 12.6 Å². The molecule has 63 heavy (non-hydrogen) atoms. The largest absolute Gasteiger partial charge is 0.544 e. The summed E-state index contributed by atoms with van der Waals surface area (Å²) in [6.07, 6.45) is 52.4. The van der Waals surface area contributed by atoms with Gasteiger partial charge in [0.25, 0.3) is 0 Å². The number of carboxylic acids is 1. The summed E-state index contributed by atoms with van der Waals surface area (Å²) in [5.74, 6) is -1.71. The number of carbonyl (C=O) groups is 3. The molecule has 0 spiro atoms. The predicted octanol–water partition coefficient (Wildman–Crippen LogP) is 14.5. The zero-order valence-corrected chi connectivity index (χ0v) is 42.5. The topological polar surface area (TPSA) is 102 Å². The van der Waals surface area contributed by atoms with E-state index < -0.39 is 18.1 Å². The molecule has 2 atom stereocenters. The van der Waals surface area contributed by atoms with Gasteiger partial charge in [-0.3, -0.25) is 9.59 Å². The van der Waals surface area contributed by atoms with Crippen LogP contribution in [0, 0.1) is 0 Å². The Bertz CT molecular complexity index is 1040. The number of carbonyl (C=O) groups excluding carboxylic acids is 3. The van der Waals surface area contributed by atoms with Crippen LogP contribution in [0.4, 0.5) is 0 Å². The average Bonchev–Trinajstić information content (AvgIpc) is 3.24. The molecule has 8 nitrogen and oxygen atoms in total. The first-order chi connectivity index (χ1) is 30.6. The highest BCUT2D eigenvalue weighted by Crippen LogP contribution is 2.17. The van der Waals surface area contributed by atoms with Gasteiger partial charge in [-0.2, -0.15) is 0 Å². The van der Waals surface area contributed by atoms with Crippen LogP contribution < -0.4 is 5.11 Å². The summed E-state index contributed by atoms with van der Waals surface area (Å²) in [4.78, 5) is 37.1. The zero-order valence-electron chi connectivity index (χ0n) is 42.5. The van der Waals surface area contributed by atoms with E-state index in [4.69, 9.17) is 14.2 Å². The van der Waals surface area contributed by atoms with E-state index in [2.05, 4.69) is 26.0 Å². The lowest BCUT2D eigenvalue weighted by Gasteiger charge is -2.34. The van der Waals surface area contributed by atoms with Crippen LogP contribution in [0.25, 0.3) is 0 Å². The van der Waals surface area contributed by atoms with E-state index in [1.807, 2.05) is 21.1 Å². The zero-order chi connectivity index (χ0) is 46.3. The van der Waals surface area contributed by atoms with Crippen LogP contribution in [0.1, 0.15) is 271 Å². The smallest absolute Gasteiger partial charge is 0.306 e. The lowest BCUT2D eigenvalue weighted by atomic mass is 10.0. The maximum absolute atomic E-state index is 12.8. The lowest BCUT2D eigenvalue weighted by molar-refractivity contribution is -0.889. The molecule has 0 fully saturated rings. The number of hydrogen-bond donors (Lipinski definition) is 0. The summed E-state index contributed by atoms with van der Waals surface area (Å²) in [7, 11) is 5.43. The van der Waals surface area contributed by atoms with Gasteiger partial charge in [-0.05, 0) is 38.5 Å². The number of unbranched alkanes of at least 4 members (excludes halogenated alkanes) is 34. The van der Waals surface area contributed by atoms with Crippen molar-refractivity contribution in [2.24, 2.45) is 0 Å². The Morgan fingerprint density at radius 2 is 0.794 bits per heavy atom. The highest BCUT2D eigenvalue weighted by Gasteiger charge is 2.25. The van der Waals surface area contributed by atoms with Gasteiger partial charge in [-0.15, -0.1) is 0 Å². The van der Waals surface area contributed by atoms with Gasteiger partial charge in [-0.25, -0.2) is 0 Å². The molecule has 0 amide bonds. The maximum Gasteiger partial charge on any atom is 0.306 e. The van der Waals surface area contributed by atoms with E-state index >= 15 is 0 Å². The number of carboxylic acid groups (broad SMARTS) is 1. The Morgan fingerprint density at radius 3 is 1.14 bits per heavy atom. The minimum Gasteiger partial charge on any atom is -0.544 e. The van der Waals surface area contributed by atoms with Crippen molar-refractivity contribution >= 4 is 17.9 Å². The van der Waals surface area contributed by atoms with Gasteiger partial charge in [-0.1, -0.05) is 225 Å². The van der Waals surface area contributed by atoms with Crippen molar-refractivity contribution in [2.45, 2.75) is 283 Å². The molecule has 0 aliphatic rings. The van der Waals surface area contributed by atoms with Crippen LogP contribution in [0.15, 0.2) is 12.2 Å². The first kappa shape index (κ1) is 61.1. The molecular weight excluding hydrogens is 787 g/mol. The first-order valence-electron chi connectivity index (χ1n) is 27.2. The maximum atomic E-state index is 12.8. The third-order valence-corrected chi connectivity index (χ3v) is 12.7. The molecule has 0 saturated heterocycles. The van der Waals surface area contributed by atoms with E-state index in [-0.39, 0.29) is 42.7 Å². The molecule has 0 bridgehead atoms. The molecule has 0 aliphatic heterocycles. The van der Waals surface area contributed by atoms with Crippen molar-refractivity contribution in [3.05, 3.63) is 12.2 Å². The minimum absolute atomic E-state index is 0.0471. The second-order valence-electron chi connectivity index (χ2n) is 19.8. The first-order valence-corrected chi connectivity index (χ1v) is 27.2. The molecule has 0 heterocycles. The van der Waals surface area contributed by atoms with Crippen molar-refractivity contribution in [3.8, 4) is 0 Å². The Labute approximate surface area is 390 Å². The third kappa shape index (κ3) is 45.0. The van der Waals surface area contributed by atoms with E-state index in [1.54, 1.807) is 0 Å². The predicted molar refractivity (Wildman–Crippen MR) is 264 cm³/mol. The Morgan fingerprint density at radius 1 is 0.460 bits per heavy atom. The number of aliphatic carboxylic acids is 1. The molecule has 0 radical (unpaired) electrons. The van der Waals surface area contributed by atoms with Gasteiger partial charge >= 0.3 is 11.9 Å². The average molecular weight is 892 g/mol. The minimum atomic E-state index is -1.12. The Kier molecular flexibility index (Phi) is 45.2. The van der Waals surface area contributed by atoms with Crippen LogP contribution >= 0.6 is 0 Å². The molecule has 0 aromatic rings. The number of nitrogens with zero attached hydrogens (tertiary/aromatic N) is 1. The molecule has 0 N–H and O–H groups in total. The second kappa shape index (κ2) is 46.6. The summed E-state index contributed by atoms with van der Waals surface area (Å²) in [6.45, 7) is 4.72. The quantitative estimate of drug-likeness (QED) is 0.0259. The van der Waals surface area contributed by atoms with Crippen LogP contribution in [0.5, 0.6) is 0 Å². The van der Waals surface area contributed by atoms with Crippen molar-refractivity contribution in [3.63, 3.8) is 0 Å². The normalized spacial score (nSPS) is 12.8. The molecule has 0 aromatic heterocycles. The monoisotopic (exact) mass is 892 g/mol. The number of quaternary nitrogens is 1. The van der Waals surface area contributed by atoms with Crippen molar-refractivity contribution in [2.75, 3.05) is 41.0 Å². The number of rotatable bonds is 50. The van der Waals surface area contributed by atoms with Crippen LogP contribution in [0.3, 0.4) is 0 Å². The molecule has 0 saturated carbocycles. The molecule has 0 aliphatic carbocycles. The van der Waals surface area contributed by atoms with Crippen LogP contribution in [0.2, 0.25) is 0 Å². The highest BCUT2D eigenvalue weighted by atomic mass is 16.6. The second-order valence-corrected chi connectivity index (χ2v) is 19.8. The van der Waals surface area contributed by atoms with Crippen molar-refractivity contribution < 1.29 is 38.2 Å². The van der Waals surface area contributed by atoms with Crippen LogP contribution in [-0.2, 0) is 28.6 Å². The SMILES string of the molecule is CCCCCCCCCC/C=C\CCCCCCCCCCCCCC(=O)OC(COCCC(C(=O)[O-])[N+](C)(C)C)COC(=O)CCCCCCCCCCCCCCCCCC. The summed E-state index contributed by atoms with van der Waals surface area (Å²) in [6, 6.07) is -0.722. The summed E-state index contributed by atoms with van der Waals surface area (Å²) in [5, 5.41) is 11.7. The van der Waals surface area contributed by atoms with Crippen molar-refractivity contribution in [1.82, 2.24) is 0 Å². The van der Waals surface area contributed by atoms with Gasteiger partial charge < -0.3 is 28.6 Å². The molecule has 0 rings (SSSR count). The Balaban J connectivity index is 4.15. The van der Waals surface area contributed by atoms with Gasteiger partial charge in [0.05, 0.1) is 40.3 Å². The molecule has 2 unspecified atom stereocenters. The molecule has 0 aromatic carbocycles. The standard InChI is InChI=1S/C55H105NO7/c1-6-8-10-12-14-16-18-20-22-24-25-26-27-28-29-30-32-34-36-38-40-42-44-46-54(58)63-51(49-61-48-47-52(55(59)60)56(3,4)5)50-62-53(57)45-43-41-39-37-35-33-31-23-21-19-17-15-13-11-9-7-2/h24-25,51-52H,6-23,26-50H2,1-5H3/b25-24-. The van der Waals surface area contributed by atoms with Gasteiger partial charge in [0.2, 0.25) is 0 Å². The fourth-order valence-electron chi connectivity index (χ4n) is 8.42. The summed E-state index contributed by atoms with van der Waals surface area (Å²) >= 11 is 0. The number of esters is 2. The van der Waals surface area contributed by atoms with E-state index in [0.717, 1.165) is 38.5 Å². The van der Waals surface area contributed by atoms with Gasteiger partial charge in [0.15, 0.2) is 6.10 Å². The van der Waals surface area contributed by atoms with E-state index in [0.29, 0.717) is 12.8 Å². The number of likely N-dealkylation sites (N-methyl/N-ethyl adjacent to an activating group) is 1. The number of allylic oxidation sites excluding steroid dienone is 2. The third-order valence-electron chi connectivity index (χ3n) is 12.7. The van der Waals surface area contributed by atoms with E-state index in [1.165, 1.54) is 199 Å². The number of hydrogen-bond acceptors (Lipinski definition) is 7.